The van der Waals surface area contributed by atoms with E-state index in [0.29, 0.717) is 16.6 Å². The van der Waals surface area contributed by atoms with E-state index in [4.69, 9.17) is 16.3 Å². The Morgan fingerprint density at radius 2 is 2.26 bits per heavy atom. The molecule has 0 unspecified atom stereocenters. The lowest BCUT2D eigenvalue weighted by Crippen LogP contribution is -2.29. The Bertz CT molecular complexity index is 659. The topological polar surface area (TPSA) is 81.9 Å². The molecule has 7 nitrogen and oxygen atoms in total. The molecule has 2 rings (SSSR count). The number of aromatic nitrogens is 4. The SMILES string of the molecule is CCCCn1nnnc1CNC(=O)COc1ccc(Cl)c(C)c1. The van der Waals surface area contributed by atoms with Crippen LogP contribution in [0.1, 0.15) is 31.2 Å². The Morgan fingerprint density at radius 3 is 3.00 bits per heavy atom. The quantitative estimate of drug-likeness (QED) is 0.798. The molecule has 1 amide bonds. The van der Waals surface area contributed by atoms with Crippen LogP contribution in [0.4, 0.5) is 0 Å². The van der Waals surface area contributed by atoms with Gasteiger partial charge in [-0.05, 0) is 47.5 Å². The van der Waals surface area contributed by atoms with Gasteiger partial charge in [-0.2, -0.15) is 0 Å². The second-order valence-electron chi connectivity index (χ2n) is 5.15. The van der Waals surface area contributed by atoms with Crippen LogP contribution in [0.3, 0.4) is 0 Å². The number of ether oxygens (including phenoxy) is 1. The molecule has 8 heteroatoms. The molecule has 0 bridgehead atoms. The lowest BCUT2D eigenvalue weighted by molar-refractivity contribution is -0.123. The molecule has 0 spiro atoms. The number of carbonyl (C=O) groups excluding carboxylic acids is 1. The third kappa shape index (κ3) is 5.21. The van der Waals surface area contributed by atoms with Crippen molar-refractivity contribution in [1.29, 1.82) is 0 Å². The van der Waals surface area contributed by atoms with Gasteiger partial charge in [0.05, 0.1) is 6.54 Å². The van der Waals surface area contributed by atoms with Crippen molar-refractivity contribution in [2.24, 2.45) is 0 Å². The second-order valence-corrected chi connectivity index (χ2v) is 5.56. The highest BCUT2D eigenvalue weighted by atomic mass is 35.5. The van der Waals surface area contributed by atoms with Crippen molar-refractivity contribution in [2.75, 3.05) is 6.61 Å². The van der Waals surface area contributed by atoms with Crippen LogP contribution in [0.5, 0.6) is 5.75 Å². The van der Waals surface area contributed by atoms with E-state index in [2.05, 4.69) is 27.8 Å². The molecule has 1 heterocycles. The van der Waals surface area contributed by atoms with E-state index in [0.717, 1.165) is 24.9 Å². The Kier molecular flexibility index (Phi) is 6.34. The molecule has 0 fully saturated rings. The van der Waals surface area contributed by atoms with Gasteiger partial charge in [-0.1, -0.05) is 24.9 Å². The number of nitrogens with zero attached hydrogens (tertiary/aromatic N) is 4. The minimum atomic E-state index is -0.234. The monoisotopic (exact) mass is 337 g/mol. The smallest absolute Gasteiger partial charge is 0.258 e. The van der Waals surface area contributed by atoms with Gasteiger partial charge in [-0.25, -0.2) is 4.68 Å². The third-order valence-corrected chi connectivity index (χ3v) is 3.70. The normalized spacial score (nSPS) is 10.6. The zero-order chi connectivity index (χ0) is 16.7. The molecule has 1 aromatic heterocycles. The Hall–Kier alpha value is -2.15. The van der Waals surface area contributed by atoms with Crippen molar-refractivity contribution >= 4 is 17.5 Å². The van der Waals surface area contributed by atoms with Crippen LogP contribution < -0.4 is 10.1 Å². The standard InChI is InChI=1S/C15H20ClN5O2/c1-3-4-7-21-14(18-19-20-21)9-17-15(22)10-23-12-5-6-13(16)11(2)8-12/h5-6,8H,3-4,7,9-10H2,1-2H3,(H,17,22). The molecule has 0 aliphatic carbocycles. The molecular formula is C15H20ClN5O2. The van der Waals surface area contributed by atoms with E-state index in [9.17, 15) is 4.79 Å². The molecule has 0 saturated heterocycles. The number of hydrogen-bond acceptors (Lipinski definition) is 5. The first-order chi connectivity index (χ1) is 11.1. The van der Waals surface area contributed by atoms with Crippen LogP contribution in [-0.4, -0.2) is 32.7 Å². The van der Waals surface area contributed by atoms with Crippen LogP contribution in [-0.2, 0) is 17.9 Å². The summed E-state index contributed by atoms with van der Waals surface area (Å²) in [5, 5.41) is 14.9. The van der Waals surface area contributed by atoms with Gasteiger partial charge in [0, 0.05) is 11.6 Å². The number of amides is 1. The summed E-state index contributed by atoms with van der Waals surface area (Å²) in [5.74, 6) is 1.01. The van der Waals surface area contributed by atoms with E-state index in [1.165, 1.54) is 0 Å². The zero-order valence-electron chi connectivity index (χ0n) is 13.3. The lowest BCUT2D eigenvalue weighted by atomic mass is 10.2. The Labute approximate surface area is 140 Å². The van der Waals surface area contributed by atoms with Gasteiger partial charge in [0.15, 0.2) is 12.4 Å². The fourth-order valence-electron chi connectivity index (χ4n) is 1.92. The number of aryl methyl sites for hydroxylation is 2. The molecule has 1 aromatic carbocycles. The van der Waals surface area contributed by atoms with Crippen LogP contribution in [0.2, 0.25) is 5.02 Å². The zero-order valence-corrected chi connectivity index (χ0v) is 14.0. The average molecular weight is 338 g/mol. The number of unbranched alkanes of at least 4 members (excludes halogenated alkanes) is 1. The number of hydrogen-bond donors (Lipinski definition) is 1. The fraction of sp³-hybridized carbons (Fsp3) is 0.467. The van der Waals surface area contributed by atoms with Crippen molar-refractivity contribution in [2.45, 2.75) is 39.8 Å². The van der Waals surface area contributed by atoms with Crippen LogP contribution >= 0.6 is 11.6 Å². The van der Waals surface area contributed by atoms with Crippen molar-refractivity contribution in [3.8, 4) is 5.75 Å². The van der Waals surface area contributed by atoms with Gasteiger partial charge in [-0.3, -0.25) is 4.79 Å². The lowest BCUT2D eigenvalue weighted by Gasteiger charge is -2.08. The summed E-state index contributed by atoms with van der Waals surface area (Å²) in [5.41, 5.74) is 0.902. The number of carbonyl (C=O) groups is 1. The van der Waals surface area contributed by atoms with Gasteiger partial charge in [-0.15, -0.1) is 5.10 Å². The highest BCUT2D eigenvalue weighted by molar-refractivity contribution is 6.31. The van der Waals surface area contributed by atoms with Crippen molar-refractivity contribution in [3.63, 3.8) is 0 Å². The number of halogens is 1. The van der Waals surface area contributed by atoms with Crippen molar-refractivity contribution in [1.82, 2.24) is 25.5 Å². The summed E-state index contributed by atoms with van der Waals surface area (Å²) >= 11 is 5.95. The molecule has 2 aromatic rings. The molecule has 0 aliphatic rings. The molecular weight excluding hydrogens is 318 g/mol. The van der Waals surface area contributed by atoms with E-state index in [1.54, 1.807) is 22.9 Å². The summed E-state index contributed by atoms with van der Waals surface area (Å²) < 4.78 is 7.14. The van der Waals surface area contributed by atoms with Gasteiger partial charge in [0.1, 0.15) is 5.75 Å². The second kappa shape index (κ2) is 8.47. The number of benzene rings is 1. The van der Waals surface area contributed by atoms with Gasteiger partial charge < -0.3 is 10.1 Å². The molecule has 1 N–H and O–H groups in total. The van der Waals surface area contributed by atoms with Crippen LogP contribution in [0.25, 0.3) is 0 Å². The number of tetrazole rings is 1. The van der Waals surface area contributed by atoms with Gasteiger partial charge >= 0.3 is 0 Å². The maximum absolute atomic E-state index is 11.8. The molecule has 124 valence electrons. The summed E-state index contributed by atoms with van der Waals surface area (Å²) in [6.07, 6.45) is 2.05. The predicted octanol–water partition coefficient (Wildman–Crippen LogP) is 2.13. The van der Waals surface area contributed by atoms with Crippen molar-refractivity contribution in [3.05, 3.63) is 34.6 Å². The van der Waals surface area contributed by atoms with E-state index in [-0.39, 0.29) is 19.1 Å². The molecule has 0 saturated carbocycles. The average Bonchev–Trinajstić information content (AvgIpc) is 2.99. The first kappa shape index (κ1) is 17.2. The summed E-state index contributed by atoms with van der Waals surface area (Å²) in [6.45, 7) is 4.93. The van der Waals surface area contributed by atoms with E-state index < -0.39 is 0 Å². The Balaban J connectivity index is 1.79. The van der Waals surface area contributed by atoms with Crippen molar-refractivity contribution < 1.29 is 9.53 Å². The van der Waals surface area contributed by atoms with Crippen LogP contribution in [0.15, 0.2) is 18.2 Å². The molecule has 23 heavy (non-hydrogen) atoms. The number of nitrogens with one attached hydrogen (secondary N) is 1. The Morgan fingerprint density at radius 1 is 1.43 bits per heavy atom. The van der Waals surface area contributed by atoms with E-state index >= 15 is 0 Å². The summed E-state index contributed by atoms with van der Waals surface area (Å²) in [6, 6.07) is 5.26. The summed E-state index contributed by atoms with van der Waals surface area (Å²) in [7, 11) is 0. The first-order valence-corrected chi connectivity index (χ1v) is 7.88. The fourth-order valence-corrected chi connectivity index (χ4v) is 2.03. The van der Waals surface area contributed by atoms with E-state index in [1.807, 2.05) is 6.92 Å². The van der Waals surface area contributed by atoms with Gasteiger partial charge in [0.25, 0.3) is 5.91 Å². The molecule has 0 atom stereocenters. The highest BCUT2D eigenvalue weighted by Crippen LogP contribution is 2.20. The first-order valence-electron chi connectivity index (χ1n) is 7.51. The maximum Gasteiger partial charge on any atom is 0.258 e. The number of rotatable bonds is 8. The summed E-state index contributed by atoms with van der Waals surface area (Å²) in [4.78, 5) is 11.8. The van der Waals surface area contributed by atoms with Gasteiger partial charge in [0.2, 0.25) is 0 Å². The van der Waals surface area contributed by atoms with Crippen LogP contribution in [0, 0.1) is 6.92 Å². The maximum atomic E-state index is 11.8. The molecule has 0 aliphatic heterocycles. The predicted molar refractivity (Wildman–Crippen MR) is 86.3 cm³/mol. The minimum absolute atomic E-state index is 0.0718. The third-order valence-electron chi connectivity index (χ3n) is 3.27. The molecule has 0 radical (unpaired) electrons. The highest BCUT2D eigenvalue weighted by Gasteiger charge is 2.09. The minimum Gasteiger partial charge on any atom is -0.484 e. The largest absolute Gasteiger partial charge is 0.484 e.